The standard InChI is InChI=1S/C19H30N2O4S.ClH/c1-12-13(2)15(4)19(16(5)14(12)3)26(24,25)21-8-6-7-17(11-21)9-20-10-18(22)23;/h17,20H,6-11H2,1-5H3,(H,22,23);1H. The Balaban J connectivity index is 0.00000364. The van der Waals surface area contributed by atoms with Gasteiger partial charge in [-0.1, -0.05) is 0 Å². The molecular weight excluding hydrogens is 388 g/mol. The molecular formula is C19H31ClN2O4S. The van der Waals surface area contributed by atoms with Crippen LogP contribution in [0.25, 0.3) is 0 Å². The number of nitrogens with one attached hydrogen (secondary N) is 1. The summed E-state index contributed by atoms with van der Waals surface area (Å²) in [6.45, 7) is 11.1. The molecule has 154 valence electrons. The lowest BCUT2D eigenvalue weighted by atomic mass is 9.95. The van der Waals surface area contributed by atoms with Crippen molar-refractivity contribution in [3.8, 4) is 0 Å². The van der Waals surface area contributed by atoms with Gasteiger partial charge < -0.3 is 10.4 Å². The van der Waals surface area contributed by atoms with Crippen LogP contribution in [0.15, 0.2) is 4.90 Å². The molecule has 27 heavy (non-hydrogen) atoms. The highest BCUT2D eigenvalue weighted by atomic mass is 35.5. The molecule has 1 aromatic rings. The number of carboxylic acids is 1. The van der Waals surface area contributed by atoms with Crippen LogP contribution in [-0.4, -0.2) is 50.0 Å². The second kappa shape index (κ2) is 9.37. The van der Waals surface area contributed by atoms with E-state index >= 15 is 0 Å². The predicted molar refractivity (Wildman–Crippen MR) is 109 cm³/mol. The number of carboxylic acid groups (broad SMARTS) is 1. The molecule has 6 nitrogen and oxygen atoms in total. The van der Waals surface area contributed by atoms with Crippen LogP contribution in [0.1, 0.15) is 40.7 Å². The van der Waals surface area contributed by atoms with Crippen molar-refractivity contribution in [3.63, 3.8) is 0 Å². The zero-order chi connectivity index (χ0) is 19.6. The maximum Gasteiger partial charge on any atom is 0.317 e. The first kappa shape index (κ1) is 23.9. The largest absolute Gasteiger partial charge is 0.480 e. The highest BCUT2D eigenvalue weighted by molar-refractivity contribution is 7.89. The molecule has 1 atom stereocenters. The van der Waals surface area contributed by atoms with Crippen molar-refractivity contribution < 1.29 is 18.3 Å². The average Bonchev–Trinajstić information content (AvgIpc) is 2.58. The zero-order valence-electron chi connectivity index (χ0n) is 16.8. The Bertz CT molecular complexity index is 779. The van der Waals surface area contributed by atoms with E-state index in [0.29, 0.717) is 24.5 Å². The third-order valence-corrected chi connectivity index (χ3v) is 7.86. The van der Waals surface area contributed by atoms with E-state index in [1.54, 1.807) is 4.31 Å². The molecule has 0 radical (unpaired) electrons. The van der Waals surface area contributed by atoms with E-state index in [-0.39, 0.29) is 24.9 Å². The smallest absolute Gasteiger partial charge is 0.317 e. The van der Waals surface area contributed by atoms with E-state index in [0.717, 1.165) is 40.7 Å². The minimum absolute atomic E-state index is 0. The van der Waals surface area contributed by atoms with Gasteiger partial charge in [0.25, 0.3) is 0 Å². The van der Waals surface area contributed by atoms with Gasteiger partial charge >= 0.3 is 5.97 Å². The summed E-state index contributed by atoms with van der Waals surface area (Å²) in [5.74, 6) is -0.770. The molecule has 2 N–H and O–H groups in total. The molecule has 0 bridgehead atoms. The lowest BCUT2D eigenvalue weighted by Crippen LogP contribution is -2.43. The van der Waals surface area contributed by atoms with Gasteiger partial charge in [0.2, 0.25) is 10.0 Å². The van der Waals surface area contributed by atoms with Crippen LogP contribution in [0, 0.1) is 40.5 Å². The van der Waals surface area contributed by atoms with Crippen LogP contribution < -0.4 is 5.32 Å². The number of rotatable bonds is 6. The number of benzene rings is 1. The topological polar surface area (TPSA) is 86.7 Å². The Hall–Kier alpha value is -1.15. The monoisotopic (exact) mass is 418 g/mol. The third kappa shape index (κ3) is 5.02. The van der Waals surface area contributed by atoms with Crippen LogP contribution in [-0.2, 0) is 14.8 Å². The molecule has 2 rings (SSSR count). The van der Waals surface area contributed by atoms with Gasteiger partial charge in [0, 0.05) is 13.1 Å². The summed E-state index contributed by atoms with van der Waals surface area (Å²) in [6.07, 6.45) is 1.70. The highest BCUT2D eigenvalue weighted by Gasteiger charge is 2.33. The molecule has 0 spiro atoms. The van der Waals surface area contributed by atoms with E-state index in [9.17, 15) is 13.2 Å². The van der Waals surface area contributed by atoms with Gasteiger partial charge in [-0.25, -0.2) is 8.42 Å². The fourth-order valence-corrected chi connectivity index (χ4v) is 5.89. The molecule has 0 aliphatic carbocycles. The summed E-state index contributed by atoms with van der Waals surface area (Å²) in [6, 6.07) is 0. The molecule has 1 saturated heterocycles. The first-order valence-corrected chi connectivity index (χ1v) is 10.5. The summed E-state index contributed by atoms with van der Waals surface area (Å²) < 4.78 is 28.3. The predicted octanol–water partition coefficient (Wildman–Crippen LogP) is 2.73. The quantitative estimate of drug-likeness (QED) is 0.741. The molecule has 1 aromatic carbocycles. The lowest BCUT2D eigenvalue weighted by Gasteiger charge is -2.33. The van der Waals surface area contributed by atoms with Crippen molar-refractivity contribution in [3.05, 3.63) is 27.8 Å². The van der Waals surface area contributed by atoms with Gasteiger partial charge in [-0.2, -0.15) is 4.31 Å². The number of piperidine rings is 1. The molecule has 0 amide bonds. The maximum atomic E-state index is 13.4. The fourth-order valence-electron chi connectivity index (χ4n) is 3.78. The number of hydrogen-bond donors (Lipinski definition) is 2. The third-order valence-electron chi connectivity index (χ3n) is 5.72. The number of sulfonamides is 1. The van der Waals surface area contributed by atoms with Gasteiger partial charge in [0.05, 0.1) is 11.4 Å². The lowest BCUT2D eigenvalue weighted by molar-refractivity contribution is -0.136. The number of carbonyl (C=O) groups is 1. The van der Waals surface area contributed by atoms with Crippen molar-refractivity contribution in [2.75, 3.05) is 26.2 Å². The Morgan fingerprint density at radius 1 is 1.07 bits per heavy atom. The highest BCUT2D eigenvalue weighted by Crippen LogP contribution is 2.33. The van der Waals surface area contributed by atoms with Crippen LogP contribution in [0.3, 0.4) is 0 Å². The van der Waals surface area contributed by atoms with Crippen LogP contribution in [0.4, 0.5) is 0 Å². The zero-order valence-corrected chi connectivity index (χ0v) is 18.4. The number of hydrogen-bond acceptors (Lipinski definition) is 4. The Kier molecular flexibility index (Phi) is 8.29. The molecule has 1 heterocycles. The molecule has 1 aliphatic heterocycles. The first-order chi connectivity index (χ1) is 12.1. The molecule has 8 heteroatoms. The van der Waals surface area contributed by atoms with Crippen LogP contribution in [0.5, 0.6) is 0 Å². The minimum Gasteiger partial charge on any atom is -0.480 e. The maximum absolute atomic E-state index is 13.4. The van der Waals surface area contributed by atoms with Crippen molar-refractivity contribution in [2.45, 2.75) is 52.4 Å². The van der Waals surface area contributed by atoms with Gasteiger partial charge in [-0.3, -0.25) is 4.79 Å². The molecule has 0 aromatic heterocycles. The number of nitrogens with zero attached hydrogens (tertiary/aromatic N) is 1. The second-order valence-electron chi connectivity index (χ2n) is 7.35. The molecule has 1 fully saturated rings. The van der Waals surface area contributed by atoms with E-state index in [2.05, 4.69) is 5.32 Å². The summed E-state index contributed by atoms with van der Waals surface area (Å²) in [5.41, 5.74) is 4.87. The van der Waals surface area contributed by atoms with Crippen molar-refractivity contribution in [2.24, 2.45) is 5.92 Å². The summed E-state index contributed by atoms with van der Waals surface area (Å²) in [4.78, 5) is 11.1. The Labute approximate surface area is 168 Å². The van der Waals surface area contributed by atoms with Crippen LogP contribution >= 0.6 is 12.4 Å². The fraction of sp³-hybridized carbons (Fsp3) is 0.632. The minimum atomic E-state index is -3.57. The van der Waals surface area contributed by atoms with Crippen molar-refractivity contribution in [1.29, 1.82) is 0 Å². The SMILES string of the molecule is Cc1c(C)c(C)c(S(=O)(=O)N2CCCC(CNCC(=O)O)C2)c(C)c1C.Cl. The average molecular weight is 419 g/mol. The summed E-state index contributed by atoms with van der Waals surface area (Å²) >= 11 is 0. The van der Waals surface area contributed by atoms with Crippen molar-refractivity contribution in [1.82, 2.24) is 9.62 Å². The van der Waals surface area contributed by atoms with Gasteiger partial charge in [0.1, 0.15) is 0 Å². The van der Waals surface area contributed by atoms with Gasteiger partial charge in [-0.15, -0.1) is 12.4 Å². The van der Waals surface area contributed by atoms with E-state index in [1.165, 1.54) is 0 Å². The first-order valence-electron chi connectivity index (χ1n) is 9.07. The van der Waals surface area contributed by atoms with Gasteiger partial charge in [-0.05, 0) is 87.7 Å². The van der Waals surface area contributed by atoms with E-state index in [4.69, 9.17) is 5.11 Å². The number of halogens is 1. The Morgan fingerprint density at radius 2 is 1.59 bits per heavy atom. The Morgan fingerprint density at radius 3 is 2.11 bits per heavy atom. The molecule has 0 saturated carbocycles. The molecule has 1 unspecified atom stereocenters. The van der Waals surface area contributed by atoms with E-state index in [1.807, 2.05) is 34.6 Å². The molecule has 1 aliphatic rings. The van der Waals surface area contributed by atoms with Crippen molar-refractivity contribution >= 4 is 28.4 Å². The van der Waals surface area contributed by atoms with Crippen LogP contribution in [0.2, 0.25) is 0 Å². The second-order valence-corrected chi connectivity index (χ2v) is 9.22. The summed E-state index contributed by atoms with van der Waals surface area (Å²) in [5, 5.41) is 11.6. The van der Waals surface area contributed by atoms with E-state index < -0.39 is 16.0 Å². The summed E-state index contributed by atoms with van der Waals surface area (Å²) in [7, 11) is -3.57. The van der Waals surface area contributed by atoms with Gasteiger partial charge in [0.15, 0.2) is 0 Å². The number of aliphatic carboxylic acids is 1. The normalized spacial score (nSPS) is 18.2.